The van der Waals surface area contributed by atoms with E-state index in [9.17, 15) is 13.9 Å². The summed E-state index contributed by atoms with van der Waals surface area (Å²) in [5.74, 6) is 0.279. The number of aryl methyl sites for hydroxylation is 1. The fourth-order valence-electron chi connectivity index (χ4n) is 3.32. The van der Waals surface area contributed by atoms with Crippen molar-refractivity contribution in [1.29, 1.82) is 0 Å². The smallest absolute Gasteiger partial charge is 0.248 e. The first-order chi connectivity index (χ1) is 13.8. The second kappa shape index (κ2) is 7.40. The molecule has 154 valence electrons. The van der Waals surface area contributed by atoms with Crippen molar-refractivity contribution in [2.45, 2.75) is 32.3 Å². The molecule has 0 amide bonds. The van der Waals surface area contributed by atoms with E-state index in [1.54, 1.807) is 0 Å². The van der Waals surface area contributed by atoms with E-state index in [4.69, 9.17) is 0 Å². The van der Waals surface area contributed by atoms with Crippen LogP contribution in [0.3, 0.4) is 0 Å². The van der Waals surface area contributed by atoms with Gasteiger partial charge in [0, 0.05) is 20.6 Å². The summed E-state index contributed by atoms with van der Waals surface area (Å²) < 4.78 is 28.2. The zero-order chi connectivity index (χ0) is 20.6. The molecule has 2 N–H and O–H groups in total. The van der Waals surface area contributed by atoms with Gasteiger partial charge in [-0.05, 0) is 56.5 Å². The highest BCUT2D eigenvalue weighted by Gasteiger charge is 2.28. The van der Waals surface area contributed by atoms with E-state index in [0.717, 1.165) is 30.5 Å². The molecule has 1 aliphatic heterocycles. The van der Waals surface area contributed by atoms with E-state index in [1.165, 1.54) is 23.1 Å². The Morgan fingerprint density at radius 1 is 1.10 bits per heavy atom. The number of anilines is 3. The molecular formula is C20H24F2N6O. The van der Waals surface area contributed by atoms with Crippen LogP contribution in [0.4, 0.5) is 26.4 Å². The molecule has 9 heteroatoms. The highest BCUT2D eigenvalue weighted by Crippen LogP contribution is 2.27. The zero-order valence-electron chi connectivity index (χ0n) is 16.2. The first-order valence-corrected chi connectivity index (χ1v) is 9.39. The average molecular weight is 402 g/mol. The van der Waals surface area contributed by atoms with Gasteiger partial charge in [-0.2, -0.15) is 4.98 Å². The van der Waals surface area contributed by atoms with Crippen LogP contribution in [0.15, 0.2) is 36.7 Å². The summed E-state index contributed by atoms with van der Waals surface area (Å²) in [6.07, 6.45) is 2.74. The normalized spacial score (nSPS) is 16.1. The molecule has 1 aliphatic rings. The molecule has 0 saturated carbocycles. The van der Waals surface area contributed by atoms with Crippen molar-refractivity contribution in [1.82, 2.24) is 19.7 Å². The summed E-state index contributed by atoms with van der Waals surface area (Å²) in [6.45, 7) is 5.27. The third kappa shape index (κ3) is 4.51. The first-order valence-electron chi connectivity index (χ1n) is 9.39. The van der Waals surface area contributed by atoms with E-state index in [1.807, 2.05) is 26.0 Å². The lowest BCUT2D eigenvalue weighted by Crippen LogP contribution is -2.42. The molecule has 0 spiro atoms. The quantitative estimate of drug-likeness (QED) is 0.694. The molecule has 0 unspecified atom stereocenters. The Morgan fingerprint density at radius 3 is 2.48 bits per heavy atom. The molecule has 0 bridgehead atoms. The van der Waals surface area contributed by atoms with Crippen molar-refractivity contribution < 1.29 is 15.3 Å². The number of pyridine rings is 1. The van der Waals surface area contributed by atoms with Crippen molar-refractivity contribution >= 4 is 17.6 Å². The van der Waals surface area contributed by atoms with Crippen molar-refractivity contribution in [2.24, 2.45) is 0 Å². The molecule has 1 fully saturated rings. The molecule has 3 aromatic rings. The van der Waals surface area contributed by atoms with Crippen LogP contribution in [-0.4, -0.2) is 43.5 Å². The number of aromatic nitrogens is 4. The molecular weight excluding hydrogens is 378 g/mol. The minimum Gasteiger partial charge on any atom is -0.390 e. The lowest BCUT2D eigenvalue weighted by atomic mass is 9.94. The van der Waals surface area contributed by atoms with E-state index < -0.39 is 17.2 Å². The largest absolute Gasteiger partial charge is 0.390 e. The zero-order valence-corrected chi connectivity index (χ0v) is 16.2. The summed E-state index contributed by atoms with van der Waals surface area (Å²) in [7, 11) is 0. The highest BCUT2D eigenvalue weighted by molar-refractivity contribution is 5.55. The highest BCUT2D eigenvalue weighted by atomic mass is 19.1. The molecule has 29 heavy (non-hydrogen) atoms. The topological polar surface area (TPSA) is 79.1 Å². The summed E-state index contributed by atoms with van der Waals surface area (Å²) >= 11 is 0. The molecule has 0 aliphatic carbocycles. The van der Waals surface area contributed by atoms with Gasteiger partial charge in [0.1, 0.15) is 29.6 Å². The summed E-state index contributed by atoms with van der Waals surface area (Å²) in [5.41, 5.74) is 0.622. The first kappa shape index (κ1) is 19.3. The van der Waals surface area contributed by atoms with Gasteiger partial charge in [0.2, 0.25) is 5.95 Å². The maximum atomic E-state index is 13.4. The van der Waals surface area contributed by atoms with Crippen molar-refractivity contribution in [2.75, 3.05) is 23.3 Å². The Kier molecular flexibility index (Phi) is 4.91. The predicted molar refractivity (Wildman–Crippen MR) is 108 cm³/mol. The van der Waals surface area contributed by atoms with Crippen LogP contribution in [0.25, 0.3) is 5.69 Å². The standard InChI is InChI=1S/C20H22F2N6O.H2/c1-13-7-17(24-18(8-13)27-5-3-20(2,29)4-6-27)25-19-23-12-28(26-19)16-10-14(21)9-15(22)11-16;/h7-12,29H,3-6H2,1-2H3,(H,24,25,26);1H. The SMILES string of the molecule is Cc1cc(Nc2ncn(-c3cc(F)cc(F)c3)n2)nc(N2CCC(C)(O)CC2)c1.[HH]. The Bertz CT molecular complexity index is 1010. The number of halogens is 2. The van der Waals surface area contributed by atoms with Gasteiger partial charge < -0.3 is 15.3 Å². The Balaban J connectivity index is 0.00000256. The number of nitrogens with one attached hydrogen (secondary N) is 1. The summed E-state index contributed by atoms with van der Waals surface area (Å²) in [6, 6.07) is 7.02. The molecule has 7 nitrogen and oxygen atoms in total. The van der Waals surface area contributed by atoms with Gasteiger partial charge in [0.25, 0.3) is 0 Å². The van der Waals surface area contributed by atoms with Crippen LogP contribution in [0.1, 0.15) is 26.8 Å². The van der Waals surface area contributed by atoms with Crippen LogP contribution in [-0.2, 0) is 0 Å². The van der Waals surface area contributed by atoms with E-state index >= 15 is 0 Å². The van der Waals surface area contributed by atoms with Crippen LogP contribution >= 0.6 is 0 Å². The summed E-state index contributed by atoms with van der Waals surface area (Å²) in [4.78, 5) is 10.9. The average Bonchev–Trinajstić information content (AvgIpc) is 3.09. The molecule has 3 heterocycles. The number of rotatable bonds is 4. The number of hydrogen-bond acceptors (Lipinski definition) is 6. The van der Waals surface area contributed by atoms with Crippen LogP contribution in [0, 0.1) is 18.6 Å². The predicted octanol–water partition coefficient (Wildman–Crippen LogP) is 3.59. The number of aliphatic hydroxyl groups is 1. The maximum Gasteiger partial charge on any atom is 0.248 e. The Labute approximate surface area is 168 Å². The van der Waals surface area contributed by atoms with E-state index in [0.29, 0.717) is 18.7 Å². The van der Waals surface area contributed by atoms with Gasteiger partial charge in [-0.3, -0.25) is 0 Å². The van der Waals surface area contributed by atoms with Gasteiger partial charge in [-0.25, -0.2) is 18.4 Å². The number of hydrogen-bond donors (Lipinski definition) is 2. The fourth-order valence-corrected chi connectivity index (χ4v) is 3.32. The second-order valence-corrected chi connectivity index (χ2v) is 7.64. The van der Waals surface area contributed by atoms with E-state index in [2.05, 4.69) is 25.3 Å². The number of benzene rings is 1. The molecule has 4 rings (SSSR count). The Hall–Kier alpha value is -3.07. The van der Waals surface area contributed by atoms with Gasteiger partial charge in [-0.1, -0.05) is 0 Å². The van der Waals surface area contributed by atoms with Crippen LogP contribution < -0.4 is 10.2 Å². The third-order valence-corrected chi connectivity index (χ3v) is 4.96. The number of nitrogens with zero attached hydrogens (tertiary/aromatic N) is 5. The van der Waals surface area contributed by atoms with Gasteiger partial charge in [0.05, 0.1) is 11.3 Å². The Morgan fingerprint density at radius 2 is 1.79 bits per heavy atom. The molecule has 0 radical (unpaired) electrons. The van der Waals surface area contributed by atoms with Crippen LogP contribution in [0.2, 0.25) is 0 Å². The number of piperidine rings is 1. The van der Waals surface area contributed by atoms with Gasteiger partial charge in [-0.15, -0.1) is 5.10 Å². The second-order valence-electron chi connectivity index (χ2n) is 7.64. The monoisotopic (exact) mass is 402 g/mol. The van der Waals surface area contributed by atoms with Crippen molar-refractivity contribution in [3.8, 4) is 5.69 Å². The molecule has 1 aromatic carbocycles. The lowest BCUT2D eigenvalue weighted by molar-refractivity contribution is 0.0350. The minimum atomic E-state index is -0.685. The molecule has 2 aromatic heterocycles. The van der Waals surface area contributed by atoms with Gasteiger partial charge >= 0.3 is 0 Å². The van der Waals surface area contributed by atoms with Gasteiger partial charge in [0.15, 0.2) is 0 Å². The fraction of sp³-hybridized carbons (Fsp3) is 0.350. The molecule has 0 atom stereocenters. The minimum absolute atomic E-state index is 0. The summed E-state index contributed by atoms with van der Waals surface area (Å²) in [5, 5.41) is 17.4. The third-order valence-electron chi connectivity index (χ3n) is 4.96. The maximum absolute atomic E-state index is 13.4. The van der Waals surface area contributed by atoms with Crippen molar-refractivity contribution in [3.05, 3.63) is 53.9 Å². The lowest BCUT2D eigenvalue weighted by Gasteiger charge is -2.36. The molecule has 1 saturated heterocycles. The van der Waals surface area contributed by atoms with Crippen LogP contribution in [0.5, 0.6) is 0 Å². The van der Waals surface area contributed by atoms with Crippen molar-refractivity contribution in [3.63, 3.8) is 0 Å². The van der Waals surface area contributed by atoms with E-state index in [-0.39, 0.29) is 13.1 Å².